The van der Waals surface area contributed by atoms with E-state index >= 15 is 0 Å². The van der Waals surface area contributed by atoms with Gasteiger partial charge in [0, 0.05) is 9.85 Å². The first-order valence-electron chi connectivity index (χ1n) is 4.55. The van der Waals surface area contributed by atoms with Crippen LogP contribution in [-0.2, 0) is 0 Å². The molecule has 0 saturated carbocycles. The van der Waals surface area contributed by atoms with Gasteiger partial charge < -0.3 is 4.42 Å². The Hall–Kier alpha value is -0.390. The van der Waals surface area contributed by atoms with E-state index in [4.69, 9.17) is 4.42 Å². The molecule has 0 amide bonds. The summed E-state index contributed by atoms with van der Waals surface area (Å²) in [6.45, 7) is 3.64. The Balaban J connectivity index is 2.47. The zero-order valence-corrected chi connectivity index (χ0v) is 12.6. The Bertz CT molecular complexity index is 550. The third kappa shape index (κ3) is 2.04. The van der Waals surface area contributed by atoms with Crippen molar-refractivity contribution < 1.29 is 9.21 Å². The van der Waals surface area contributed by atoms with Crippen LogP contribution in [0.3, 0.4) is 0 Å². The molecule has 0 aliphatic rings. The molecule has 0 N–H and O–H groups in total. The maximum Gasteiger partial charge on any atom is 0.207 e. The van der Waals surface area contributed by atoms with Crippen LogP contribution in [0.5, 0.6) is 0 Å². The van der Waals surface area contributed by atoms with Crippen LogP contribution in [0.2, 0.25) is 0 Å². The fraction of sp³-hybridized carbons (Fsp3) is 0.182. The molecule has 0 saturated heterocycles. The highest BCUT2D eigenvalue weighted by Crippen LogP contribution is 2.34. The van der Waals surface area contributed by atoms with Gasteiger partial charge in [-0.05, 0) is 51.8 Å². The van der Waals surface area contributed by atoms with Crippen LogP contribution in [0, 0.1) is 13.8 Å². The van der Waals surface area contributed by atoms with Gasteiger partial charge in [-0.1, -0.05) is 0 Å². The van der Waals surface area contributed by atoms with E-state index in [1.807, 2.05) is 12.3 Å². The van der Waals surface area contributed by atoms with Gasteiger partial charge in [0.15, 0.2) is 0 Å². The van der Waals surface area contributed by atoms with Gasteiger partial charge in [-0.25, -0.2) is 0 Å². The van der Waals surface area contributed by atoms with E-state index in [1.54, 1.807) is 13.0 Å². The van der Waals surface area contributed by atoms with E-state index in [0.717, 1.165) is 14.7 Å². The molecule has 2 aromatic heterocycles. The molecule has 2 nitrogen and oxygen atoms in total. The smallest absolute Gasteiger partial charge is 0.207 e. The van der Waals surface area contributed by atoms with Crippen molar-refractivity contribution in [1.82, 2.24) is 0 Å². The van der Waals surface area contributed by atoms with E-state index in [9.17, 15) is 4.79 Å². The first-order chi connectivity index (χ1) is 7.50. The highest BCUT2D eigenvalue weighted by atomic mass is 79.9. The molecular formula is C11H8Br2O2S. The molecule has 0 bridgehead atoms. The van der Waals surface area contributed by atoms with Crippen molar-refractivity contribution in [3.8, 4) is 0 Å². The number of carbonyl (C=O) groups is 1. The first kappa shape index (κ1) is 12.1. The average molecular weight is 364 g/mol. The minimum absolute atomic E-state index is 0.00285. The summed E-state index contributed by atoms with van der Waals surface area (Å²) in [5.74, 6) is 1.42. The SMILES string of the molecule is Cc1cc(C(=O)c2scc(Br)c2Br)c(C)o1. The largest absolute Gasteiger partial charge is 0.466 e. The normalized spacial score (nSPS) is 10.8. The molecule has 5 heteroatoms. The lowest BCUT2D eigenvalue weighted by molar-refractivity contribution is 0.104. The summed E-state index contributed by atoms with van der Waals surface area (Å²) in [5.41, 5.74) is 0.632. The van der Waals surface area contributed by atoms with Crippen molar-refractivity contribution in [2.45, 2.75) is 13.8 Å². The highest BCUT2D eigenvalue weighted by molar-refractivity contribution is 9.13. The van der Waals surface area contributed by atoms with E-state index < -0.39 is 0 Å². The maximum absolute atomic E-state index is 12.2. The molecule has 0 radical (unpaired) electrons. The van der Waals surface area contributed by atoms with Gasteiger partial charge in [0.1, 0.15) is 11.5 Å². The Morgan fingerprint density at radius 2 is 2.06 bits per heavy atom. The quantitative estimate of drug-likeness (QED) is 0.723. The number of ketones is 1. The zero-order valence-electron chi connectivity index (χ0n) is 8.64. The zero-order chi connectivity index (χ0) is 11.9. The van der Waals surface area contributed by atoms with Crippen molar-refractivity contribution in [1.29, 1.82) is 0 Å². The first-order valence-corrected chi connectivity index (χ1v) is 7.01. The summed E-state index contributed by atoms with van der Waals surface area (Å²) >= 11 is 8.17. The summed E-state index contributed by atoms with van der Waals surface area (Å²) in [6.07, 6.45) is 0. The minimum Gasteiger partial charge on any atom is -0.466 e. The van der Waals surface area contributed by atoms with Gasteiger partial charge in [-0.2, -0.15) is 0 Å². The highest BCUT2D eigenvalue weighted by Gasteiger charge is 2.20. The van der Waals surface area contributed by atoms with Gasteiger partial charge in [0.2, 0.25) is 5.78 Å². The fourth-order valence-electron chi connectivity index (χ4n) is 1.45. The van der Waals surface area contributed by atoms with E-state index in [0.29, 0.717) is 16.2 Å². The lowest BCUT2D eigenvalue weighted by Gasteiger charge is -1.96. The van der Waals surface area contributed by atoms with Crippen LogP contribution in [0.15, 0.2) is 24.8 Å². The van der Waals surface area contributed by atoms with Crippen molar-refractivity contribution >= 4 is 49.0 Å². The van der Waals surface area contributed by atoms with Crippen molar-refractivity contribution in [3.63, 3.8) is 0 Å². The van der Waals surface area contributed by atoms with Crippen molar-refractivity contribution in [3.05, 3.63) is 42.4 Å². The number of aryl methyl sites for hydroxylation is 2. The van der Waals surface area contributed by atoms with E-state index in [2.05, 4.69) is 31.9 Å². The number of furan rings is 1. The molecule has 0 atom stereocenters. The Labute approximate surface area is 114 Å². The molecule has 0 fully saturated rings. The second-order valence-electron chi connectivity index (χ2n) is 3.38. The lowest BCUT2D eigenvalue weighted by atomic mass is 10.1. The molecule has 2 aromatic rings. The molecule has 84 valence electrons. The molecule has 0 spiro atoms. The molecular weight excluding hydrogens is 356 g/mol. The number of hydrogen-bond acceptors (Lipinski definition) is 3. The third-order valence-electron chi connectivity index (χ3n) is 2.18. The minimum atomic E-state index is -0.00285. The van der Waals surface area contributed by atoms with Crippen LogP contribution < -0.4 is 0 Å². The van der Waals surface area contributed by atoms with Crippen molar-refractivity contribution in [2.24, 2.45) is 0 Å². The lowest BCUT2D eigenvalue weighted by Crippen LogP contribution is -1.99. The van der Waals surface area contributed by atoms with Gasteiger partial charge in [-0.15, -0.1) is 11.3 Å². The van der Waals surface area contributed by atoms with E-state index in [1.165, 1.54) is 11.3 Å². The van der Waals surface area contributed by atoms with Crippen LogP contribution in [0.25, 0.3) is 0 Å². The summed E-state index contributed by atoms with van der Waals surface area (Å²) in [6, 6.07) is 1.78. The van der Waals surface area contributed by atoms with Gasteiger partial charge in [0.25, 0.3) is 0 Å². The van der Waals surface area contributed by atoms with E-state index in [-0.39, 0.29) is 5.78 Å². The van der Waals surface area contributed by atoms with Crippen molar-refractivity contribution in [2.75, 3.05) is 0 Å². The van der Waals surface area contributed by atoms with Gasteiger partial charge in [0.05, 0.1) is 14.9 Å². The molecule has 0 unspecified atom stereocenters. The second-order valence-corrected chi connectivity index (χ2v) is 5.91. The van der Waals surface area contributed by atoms with Crippen LogP contribution in [-0.4, -0.2) is 5.78 Å². The second kappa shape index (κ2) is 4.47. The third-order valence-corrected chi connectivity index (χ3v) is 5.71. The van der Waals surface area contributed by atoms with Gasteiger partial charge >= 0.3 is 0 Å². The summed E-state index contributed by atoms with van der Waals surface area (Å²) in [7, 11) is 0. The van der Waals surface area contributed by atoms with Crippen LogP contribution >= 0.6 is 43.2 Å². The van der Waals surface area contributed by atoms with Crippen LogP contribution in [0.1, 0.15) is 26.8 Å². The Morgan fingerprint density at radius 3 is 2.50 bits per heavy atom. The fourth-order valence-corrected chi connectivity index (χ4v) is 3.56. The maximum atomic E-state index is 12.2. The molecule has 2 rings (SSSR count). The summed E-state index contributed by atoms with van der Waals surface area (Å²) < 4.78 is 7.07. The monoisotopic (exact) mass is 362 g/mol. The number of rotatable bonds is 2. The predicted molar refractivity (Wildman–Crippen MR) is 71.3 cm³/mol. The topological polar surface area (TPSA) is 30.2 Å². The number of hydrogen-bond donors (Lipinski definition) is 0. The molecule has 16 heavy (non-hydrogen) atoms. The summed E-state index contributed by atoms with van der Waals surface area (Å²) in [4.78, 5) is 12.9. The number of halogens is 2. The molecule has 0 aromatic carbocycles. The summed E-state index contributed by atoms with van der Waals surface area (Å²) in [5, 5.41) is 1.89. The average Bonchev–Trinajstić information content (AvgIpc) is 2.71. The molecule has 0 aliphatic carbocycles. The van der Waals surface area contributed by atoms with Crippen LogP contribution in [0.4, 0.5) is 0 Å². The number of thiophene rings is 1. The molecule has 0 aliphatic heterocycles. The van der Waals surface area contributed by atoms with Gasteiger partial charge in [-0.3, -0.25) is 4.79 Å². The predicted octanol–water partition coefficient (Wildman–Crippen LogP) is 4.71. The molecule has 2 heterocycles. The number of carbonyl (C=O) groups excluding carboxylic acids is 1. The standard InChI is InChI=1S/C11H8Br2O2S/c1-5-3-7(6(2)15-5)10(14)11-9(13)8(12)4-16-11/h3-4H,1-2H3. The Kier molecular flexibility index (Phi) is 3.37. The Morgan fingerprint density at radius 1 is 1.38 bits per heavy atom.